The lowest BCUT2D eigenvalue weighted by Crippen LogP contribution is -1.95. The number of halogens is 2. The number of hydrogen-bond donors (Lipinski definition) is 0. The Morgan fingerprint density at radius 3 is 2.65 bits per heavy atom. The van der Waals surface area contributed by atoms with Crippen molar-refractivity contribution >= 4 is 27.5 Å². The zero-order valence-corrected chi connectivity index (χ0v) is 12.9. The minimum absolute atomic E-state index is 0.105. The van der Waals surface area contributed by atoms with Crippen LogP contribution in [0.4, 0.5) is 0 Å². The molecule has 17 heavy (non-hydrogen) atoms. The Kier molecular flexibility index (Phi) is 6.98. The quantitative estimate of drug-likeness (QED) is 0.462. The molecule has 1 aromatic carbocycles. The van der Waals surface area contributed by atoms with Crippen LogP contribution in [0.3, 0.4) is 0 Å². The molecule has 0 aliphatic heterocycles. The third-order valence-corrected chi connectivity index (χ3v) is 3.77. The summed E-state index contributed by atoms with van der Waals surface area (Å²) >= 11 is 9.90. The van der Waals surface area contributed by atoms with Crippen molar-refractivity contribution in [3.8, 4) is 5.75 Å². The normalized spacial score (nSPS) is 12.5. The summed E-state index contributed by atoms with van der Waals surface area (Å²) in [6.07, 6.45) is 4.71. The zero-order chi connectivity index (χ0) is 12.7. The molecule has 0 saturated heterocycles. The molecule has 96 valence electrons. The van der Waals surface area contributed by atoms with Gasteiger partial charge >= 0.3 is 0 Å². The predicted octanol–water partition coefficient (Wildman–Crippen LogP) is 5.71. The summed E-state index contributed by atoms with van der Waals surface area (Å²) in [6.45, 7) is 4.87. The Morgan fingerprint density at radius 2 is 2.06 bits per heavy atom. The maximum absolute atomic E-state index is 6.38. The lowest BCUT2D eigenvalue weighted by Gasteiger charge is -2.12. The molecule has 1 nitrogen and oxygen atoms in total. The van der Waals surface area contributed by atoms with Crippen molar-refractivity contribution in [1.29, 1.82) is 0 Å². The molecule has 0 aliphatic carbocycles. The van der Waals surface area contributed by atoms with E-state index in [9.17, 15) is 0 Å². The highest BCUT2D eigenvalue weighted by molar-refractivity contribution is 9.10. The molecule has 0 heterocycles. The highest BCUT2D eigenvalue weighted by Gasteiger charge is 2.10. The van der Waals surface area contributed by atoms with Crippen LogP contribution in [-0.4, -0.2) is 6.61 Å². The molecular formula is C14H20BrClO. The maximum atomic E-state index is 6.38. The first-order valence-electron chi connectivity index (χ1n) is 6.25. The van der Waals surface area contributed by atoms with Gasteiger partial charge in [0.25, 0.3) is 0 Å². The molecule has 0 fully saturated rings. The second kappa shape index (κ2) is 7.99. The van der Waals surface area contributed by atoms with Gasteiger partial charge in [-0.3, -0.25) is 0 Å². The average Bonchev–Trinajstić information content (AvgIpc) is 2.32. The smallest absolute Gasteiger partial charge is 0.133 e. The van der Waals surface area contributed by atoms with E-state index in [1.165, 1.54) is 19.3 Å². The van der Waals surface area contributed by atoms with Crippen LogP contribution >= 0.6 is 27.5 Å². The molecule has 1 aromatic rings. The Balaban J connectivity index is 2.62. The largest absolute Gasteiger partial charge is 0.493 e. The number of unbranched alkanes of at least 4 members (excludes halogenated alkanes) is 2. The van der Waals surface area contributed by atoms with Gasteiger partial charge in [-0.15, -0.1) is 11.6 Å². The molecular weight excluding hydrogens is 300 g/mol. The van der Waals surface area contributed by atoms with Gasteiger partial charge in [0, 0.05) is 0 Å². The summed E-state index contributed by atoms with van der Waals surface area (Å²) in [6, 6.07) is 6.10. The van der Waals surface area contributed by atoms with E-state index < -0.39 is 0 Å². The summed E-state index contributed by atoms with van der Waals surface area (Å²) in [4.78, 5) is 0. The minimum atomic E-state index is 0.105. The first-order chi connectivity index (χ1) is 8.19. The van der Waals surface area contributed by atoms with Crippen LogP contribution in [0.15, 0.2) is 22.7 Å². The van der Waals surface area contributed by atoms with E-state index >= 15 is 0 Å². The van der Waals surface area contributed by atoms with Crippen molar-refractivity contribution in [3.05, 3.63) is 28.2 Å². The van der Waals surface area contributed by atoms with Gasteiger partial charge in [0.2, 0.25) is 0 Å². The fourth-order valence-corrected chi connectivity index (χ4v) is 2.53. The molecule has 0 N–H and O–H groups in total. The third kappa shape index (κ3) is 4.89. The summed E-state index contributed by atoms with van der Waals surface area (Å²) in [5, 5.41) is 0.105. The van der Waals surface area contributed by atoms with Gasteiger partial charge in [0.05, 0.1) is 16.5 Å². The van der Waals surface area contributed by atoms with Gasteiger partial charge in [0.15, 0.2) is 0 Å². The molecule has 1 atom stereocenters. The number of ether oxygens (including phenoxy) is 1. The van der Waals surface area contributed by atoms with Gasteiger partial charge in [-0.1, -0.05) is 32.3 Å². The zero-order valence-electron chi connectivity index (χ0n) is 10.5. The fourth-order valence-electron chi connectivity index (χ4n) is 1.72. The summed E-state index contributed by atoms with van der Waals surface area (Å²) in [5.41, 5.74) is 1.16. The Hall–Kier alpha value is -0.210. The minimum Gasteiger partial charge on any atom is -0.493 e. The van der Waals surface area contributed by atoms with Crippen LogP contribution in [0.5, 0.6) is 5.75 Å². The molecule has 0 radical (unpaired) electrons. The number of rotatable bonds is 7. The molecule has 0 aromatic heterocycles. The van der Waals surface area contributed by atoms with Gasteiger partial charge in [-0.25, -0.2) is 0 Å². The van der Waals surface area contributed by atoms with Gasteiger partial charge in [-0.05, 0) is 47.0 Å². The first kappa shape index (κ1) is 14.8. The average molecular weight is 320 g/mol. The van der Waals surface area contributed by atoms with Crippen molar-refractivity contribution in [1.82, 2.24) is 0 Å². The summed E-state index contributed by atoms with van der Waals surface area (Å²) in [5.74, 6) is 0.883. The van der Waals surface area contributed by atoms with Crippen molar-refractivity contribution in [2.75, 3.05) is 6.61 Å². The predicted molar refractivity (Wildman–Crippen MR) is 78.0 cm³/mol. The van der Waals surface area contributed by atoms with Crippen LogP contribution in [-0.2, 0) is 0 Å². The van der Waals surface area contributed by atoms with Gasteiger partial charge in [0.1, 0.15) is 5.75 Å². The van der Waals surface area contributed by atoms with E-state index in [1.54, 1.807) is 0 Å². The number of alkyl halides is 1. The molecule has 0 aliphatic rings. The molecule has 1 rings (SSSR count). The van der Waals surface area contributed by atoms with E-state index in [0.29, 0.717) is 6.61 Å². The molecule has 1 unspecified atom stereocenters. The molecule has 0 spiro atoms. The van der Waals surface area contributed by atoms with E-state index in [4.69, 9.17) is 16.3 Å². The molecule has 0 bridgehead atoms. The Bertz CT molecular complexity index is 341. The van der Waals surface area contributed by atoms with Crippen LogP contribution in [0, 0.1) is 0 Å². The lowest BCUT2D eigenvalue weighted by atomic mass is 10.1. The van der Waals surface area contributed by atoms with Crippen molar-refractivity contribution in [2.45, 2.75) is 44.9 Å². The number of benzene rings is 1. The van der Waals surface area contributed by atoms with Crippen LogP contribution in [0.2, 0.25) is 0 Å². The van der Waals surface area contributed by atoms with Gasteiger partial charge in [-0.2, -0.15) is 0 Å². The molecule has 3 heteroatoms. The van der Waals surface area contributed by atoms with Crippen LogP contribution in [0.1, 0.15) is 50.5 Å². The monoisotopic (exact) mass is 318 g/mol. The van der Waals surface area contributed by atoms with E-state index in [2.05, 4.69) is 35.0 Å². The highest BCUT2D eigenvalue weighted by atomic mass is 79.9. The van der Waals surface area contributed by atoms with Crippen LogP contribution < -0.4 is 4.74 Å². The summed E-state index contributed by atoms with van der Waals surface area (Å²) < 4.78 is 6.46. The van der Waals surface area contributed by atoms with Crippen molar-refractivity contribution in [2.24, 2.45) is 0 Å². The van der Waals surface area contributed by atoms with E-state index in [-0.39, 0.29) is 5.38 Å². The van der Waals surface area contributed by atoms with E-state index in [1.807, 2.05) is 13.0 Å². The van der Waals surface area contributed by atoms with Crippen LogP contribution in [0.25, 0.3) is 0 Å². The standard InChI is InChI=1S/C14H20BrClO/c1-3-5-6-7-13(16)11-8-9-14(17-4-2)12(15)10-11/h8-10,13H,3-7H2,1-2H3. The van der Waals surface area contributed by atoms with Crippen molar-refractivity contribution < 1.29 is 4.74 Å². The summed E-state index contributed by atoms with van der Waals surface area (Å²) in [7, 11) is 0. The third-order valence-electron chi connectivity index (χ3n) is 2.68. The Morgan fingerprint density at radius 1 is 1.29 bits per heavy atom. The second-order valence-corrected chi connectivity index (χ2v) is 5.47. The second-order valence-electron chi connectivity index (χ2n) is 4.09. The fraction of sp³-hybridized carbons (Fsp3) is 0.571. The highest BCUT2D eigenvalue weighted by Crippen LogP contribution is 2.33. The molecule has 0 saturated carbocycles. The van der Waals surface area contributed by atoms with Gasteiger partial charge < -0.3 is 4.74 Å². The van der Waals surface area contributed by atoms with E-state index in [0.717, 1.165) is 22.2 Å². The van der Waals surface area contributed by atoms with Crippen molar-refractivity contribution in [3.63, 3.8) is 0 Å². The molecule has 0 amide bonds. The maximum Gasteiger partial charge on any atom is 0.133 e. The topological polar surface area (TPSA) is 9.23 Å². The Labute approximate surface area is 118 Å². The SMILES string of the molecule is CCCCCC(Cl)c1ccc(OCC)c(Br)c1. The first-order valence-corrected chi connectivity index (χ1v) is 7.48. The lowest BCUT2D eigenvalue weighted by molar-refractivity contribution is 0.338. The number of hydrogen-bond acceptors (Lipinski definition) is 1.